The van der Waals surface area contributed by atoms with Crippen molar-refractivity contribution >= 4 is 35.0 Å². The first kappa shape index (κ1) is 19.3. The normalized spacial score (nSPS) is 10.4. The third kappa shape index (κ3) is 5.76. The smallest absolute Gasteiger partial charge is 0.338 e. The van der Waals surface area contributed by atoms with Crippen LogP contribution in [0.3, 0.4) is 0 Å². The number of ether oxygens (including phenoxy) is 2. The number of unbranched alkanes of at least 4 members (excludes halogenated alkanes) is 1. The van der Waals surface area contributed by atoms with Crippen molar-refractivity contribution in [2.24, 2.45) is 0 Å². The van der Waals surface area contributed by atoms with Crippen molar-refractivity contribution < 1.29 is 19.1 Å². The molecule has 0 saturated carbocycles. The van der Waals surface area contributed by atoms with Gasteiger partial charge in [-0.05, 0) is 48.9 Å². The molecule has 0 unspecified atom stereocenters. The van der Waals surface area contributed by atoms with Crippen molar-refractivity contribution in [3.05, 3.63) is 63.6 Å². The van der Waals surface area contributed by atoms with E-state index >= 15 is 0 Å². The van der Waals surface area contributed by atoms with Crippen LogP contribution in [0, 0.1) is 0 Å². The Hall–Kier alpha value is -2.04. The molecule has 0 amide bonds. The van der Waals surface area contributed by atoms with E-state index in [-0.39, 0.29) is 10.6 Å². The van der Waals surface area contributed by atoms with E-state index in [4.69, 9.17) is 32.7 Å². The molecule has 25 heavy (non-hydrogen) atoms. The van der Waals surface area contributed by atoms with Crippen molar-refractivity contribution in [1.29, 1.82) is 0 Å². The Kier molecular flexibility index (Phi) is 7.29. The summed E-state index contributed by atoms with van der Waals surface area (Å²) in [5.41, 5.74) is 0.608. The molecule has 0 aromatic heterocycles. The number of Topliss-reactive ketones (excluding diaryl/α,β-unsaturated/α-hetero) is 1. The summed E-state index contributed by atoms with van der Waals surface area (Å²) in [6, 6.07) is 11.1. The lowest BCUT2D eigenvalue weighted by Gasteiger charge is -2.08. The molecule has 6 heteroatoms. The molecule has 0 N–H and O–H groups in total. The van der Waals surface area contributed by atoms with Crippen molar-refractivity contribution in [3.8, 4) is 5.75 Å². The maximum atomic E-state index is 12.1. The van der Waals surface area contributed by atoms with Crippen LogP contribution in [-0.4, -0.2) is 25.0 Å². The van der Waals surface area contributed by atoms with Gasteiger partial charge in [-0.25, -0.2) is 4.79 Å². The van der Waals surface area contributed by atoms with E-state index in [0.717, 1.165) is 12.8 Å². The van der Waals surface area contributed by atoms with Gasteiger partial charge < -0.3 is 9.47 Å². The van der Waals surface area contributed by atoms with Gasteiger partial charge in [0.25, 0.3) is 0 Å². The van der Waals surface area contributed by atoms with Crippen LogP contribution in [0.15, 0.2) is 42.5 Å². The Morgan fingerprint density at radius 3 is 2.40 bits per heavy atom. The molecule has 0 aliphatic carbocycles. The minimum Gasteiger partial charge on any atom is -0.494 e. The van der Waals surface area contributed by atoms with Crippen molar-refractivity contribution in [3.63, 3.8) is 0 Å². The quantitative estimate of drug-likeness (QED) is 0.358. The SMILES string of the molecule is CCCCOc1ccc(C(=O)OCC(=O)c2ccc(Cl)cc2Cl)cc1. The van der Waals surface area contributed by atoms with Gasteiger partial charge in [0, 0.05) is 10.6 Å². The Bertz CT molecular complexity index is 742. The predicted molar refractivity (Wildman–Crippen MR) is 97.9 cm³/mol. The number of ketones is 1. The van der Waals surface area contributed by atoms with Crippen LogP contribution >= 0.6 is 23.2 Å². The second-order valence-corrected chi connectivity index (χ2v) is 6.19. The monoisotopic (exact) mass is 380 g/mol. The van der Waals surface area contributed by atoms with E-state index in [2.05, 4.69) is 6.92 Å². The van der Waals surface area contributed by atoms with Gasteiger partial charge in [-0.2, -0.15) is 0 Å². The highest BCUT2D eigenvalue weighted by Gasteiger charge is 2.14. The zero-order chi connectivity index (χ0) is 18.2. The molecule has 0 fully saturated rings. The Labute approximate surface area is 156 Å². The molecule has 2 rings (SSSR count). The van der Waals surface area contributed by atoms with Crippen LogP contribution in [0.1, 0.15) is 40.5 Å². The number of hydrogen-bond acceptors (Lipinski definition) is 4. The molecular weight excluding hydrogens is 363 g/mol. The van der Waals surface area contributed by atoms with Gasteiger partial charge in [0.15, 0.2) is 6.61 Å². The average Bonchev–Trinajstić information content (AvgIpc) is 2.60. The number of rotatable bonds is 8. The van der Waals surface area contributed by atoms with E-state index in [1.807, 2.05) is 0 Å². The maximum Gasteiger partial charge on any atom is 0.338 e. The summed E-state index contributed by atoms with van der Waals surface area (Å²) >= 11 is 11.8. The fourth-order valence-electron chi connectivity index (χ4n) is 2.03. The molecular formula is C19H18Cl2O4. The second-order valence-electron chi connectivity index (χ2n) is 5.35. The van der Waals surface area contributed by atoms with Crippen LogP contribution in [0.5, 0.6) is 5.75 Å². The molecule has 0 atom stereocenters. The molecule has 0 saturated heterocycles. The number of carbonyl (C=O) groups is 2. The molecule has 4 nitrogen and oxygen atoms in total. The van der Waals surface area contributed by atoms with Crippen LogP contribution in [0.4, 0.5) is 0 Å². The summed E-state index contributed by atoms with van der Waals surface area (Å²) in [4.78, 5) is 24.1. The Morgan fingerprint density at radius 1 is 1.04 bits per heavy atom. The maximum absolute atomic E-state index is 12.1. The van der Waals surface area contributed by atoms with E-state index in [1.54, 1.807) is 30.3 Å². The van der Waals surface area contributed by atoms with Crippen LogP contribution in [0.2, 0.25) is 10.0 Å². The molecule has 2 aromatic rings. The number of halogens is 2. The standard InChI is InChI=1S/C19H18Cl2O4/c1-2-3-10-24-15-7-4-13(5-8-15)19(23)25-12-18(22)16-9-6-14(20)11-17(16)21/h4-9,11H,2-3,10,12H2,1H3. The number of carbonyl (C=O) groups excluding carboxylic acids is 2. The third-order valence-electron chi connectivity index (χ3n) is 3.42. The van der Waals surface area contributed by atoms with E-state index in [1.165, 1.54) is 12.1 Å². The molecule has 0 bridgehead atoms. The fraction of sp³-hybridized carbons (Fsp3) is 0.263. The highest BCUT2D eigenvalue weighted by Crippen LogP contribution is 2.21. The van der Waals surface area contributed by atoms with Crippen molar-refractivity contribution in [2.45, 2.75) is 19.8 Å². The largest absolute Gasteiger partial charge is 0.494 e. The zero-order valence-corrected chi connectivity index (χ0v) is 15.3. The highest BCUT2D eigenvalue weighted by molar-refractivity contribution is 6.36. The second kappa shape index (κ2) is 9.44. The first-order chi connectivity index (χ1) is 12.0. The Morgan fingerprint density at radius 2 is 1.76 bits per heavy atom. The minimum atomic E-state index is -0.585. The lowest BCUT2D eigenvalue weighted by Crippen LogP contribution is -2.14. The van der Waals surface area contributed by atoms with Gasteiger partial charge >= 0.3 is 5.97 Å². The predicted octanol–water partition coefficient (Wildman–Crippen LogP) is 5.21. The highest BCUT2D eigenvalue weighted by atomic mass is 35.5. The molecule has 0 spiro atoms. The van der Waals surface area contributed by atoms with E-state index in [9.17, 15) is 9.59 Å². The molecule has 0 aliphatic heterocycles. The number of hydrogen-bond donors (Lipinski definition) is 0. The van der Waals surface area contributed by atoms with Crippen LogP contribution < -0.4 is 4.74 Å². The van der Waals surface area contributed by atoms with Crippen molar-refractivity contribution in [1.82, 2.24) is 0 Å². The summed E-state index contributed by atoms with van der Waals surface area (Å²) in [6.07, 6.45) is 2.02. The zero-order valence-electron chi connectivity index (χ0n) is 13.8. The van der Waals surface area contributed by atoms with Gasteiger partial charge in [-0.15, -0.1) is 0 Å². The number of benzene rings is 2. The summed E-state index contributed by atoms with van der Waals surface area (Å²) in [5, 5.41) is 0.655. The van der Waals surface area contributed by atoms with Crippen LogP contribution in [0.25, 0.3) is 0 Å². The van der Waals surface area contributed by atoms with Gasteiger partial charge in [-0.1, -0.05) is 36.5 Å². The van der Waals surface area contributed by atoms with E-state index in [0.29, 0.717) is 22.9 Å². The van der Waals surface area contributed by atoms with Gasteiger partial charge in [-0.3, -0.25) is 4.79 Å². The van der Waals surface area contributed by atoms with Gasteiger partial charge in [0.2, 0.25) is 5.78 Å². The molecule has 0 aliphatic rings. The summed E-state index contributed by atoms with van der Waals surface area (Å²) in [7, 11) is 0. The van der Waals surface area contributed by atoms with Crippen LogP contribution in [-0.2, 0) is 4.74 Å². The van der Waals surface area contributed by atoms with Gasteiger partial charge in [0.1, 0.15) is 5.75 Å². The molecule has 2 aromatic carbocycles. The topological polar surface area (TPSA) is 52.6 Å². The summed E-state index contributed by atoms with van der Waals surface area (Å²) < 4.78 is 10.6. The van der Waals surface area contributed by atoms with Gasteiger partial charge in [0.05, 0.1) is 17.2 Å². The lowest BCUT2D eigenvalue weighted by atomic mass is 10.1. The fourth-order valence-corrected chi connectivity index (χ4v) is 2.54. The average molecular weight is 381 g/mol. The molecule has 0 radical (unpaired) electrons. The summed E-state index contributed by atoms with van der Waals surface area (Å²) in [5.74, 6) is -0.290. The number of esters is 1. The van der Waals surface area contributed by atoms with E-state index < -0.39 is 18.4 Å². The summed E-state index contributed by atoms with van der Waals surface area (Å²) in [6.45, 7) is 2.33. The first-order valence-corrected chi connectivity index (χ1v) is 8.65. The molecule has 132 valence electrons. The van der Waals surface area contributed by atoms with Crippen molar-refractivity contribution in [2.75, 3.05) is 13.2 Å². The lowest BCUT2D eigenvalue weighted by molar-refractivity contribution is 0.0474. The molecule has 0 heterocycles. The third-order valence-corrected chi connectivity index (χ3v) is 3.97. The minimum absolute atomic E-state index is 0.224. The Balaban J connectivity index is 1.90. The first-order valence-electron chi connectivity index (χ1n) is 7.89.